The summed E-state index contributed by atoms with van der Waals surface area (Å²) in [4.78, 5) is 33.8. The molecule has 1 aliphatic rings. The molecule has 3 aromatic heterocycles. The largest absolute Gasteiger partial charge is 0.434 e. The Labute approximate surface area is 230 Å². The van der Waals surface area contributed by atoms with Crippen LogP contribution in [0.25, 0.3) is 11.0 Å². The fraction of sp³-hybridized carbons (Fsp3) is 0.571. The molecule has 39 heavy (non-hydrogen) atoms. The molecule has 0 saturated heterocycles. The second-order valence-electron chi connectivity index (χ2n) is 10.6. The highest BCUT2D eigenvalue weighted by Crippen LogP contribution is 2.31. The first-order valence-electron chi connectivity index (χ1n) is 13.6. The number of nitrogens with one attached hydrogen (secondary N) is 1. The van der Waals surface area contributed by atoms with Gasteiger partial charge in [-0.3, -0.25) is 23.9 Å². The molecule has 11 heteroatoms. The number of halogens is 4. The van der Waals surface area contributed by atoms with E-state index in [0.717, 1.165) is 55.8 Å². The summed E-state index contributed by atoms with van der Waals surface area (Å²) in [7, 11) is 0. The Morgan fingerprint density at radius 3 is 2.56 bits per heavy atom. The number of unbranched alkanes of at least 4 members (excludes halogenated alkanes) is 2. The number of hydrogen-bond acceptors (Lipinski definition) is 4. The summed E-state index contributed by atoms with van der Waals surface area (Å²) in [6.07, 6.45) is 6.45. The molecule has 3 aromatic rings. The zero-order valence-corrected chi connectivity index (χ0v) is 23.1. The van der Waals surface area contributed by atoms with Crippen molar-refractivity contribution in [1.82, 2.24) is 24.4 Å². The lowest BCUT2D eigenvalue weighted by atomic mass is 9.85. The molecule has 0 spiro atoms. The van der Waals surface area contributed by atoms with Crippen LogP contribution in [0, 0.1) is 12.8 Å². The lowest BCUT2D eigenvalue weighted by Crippen LogP contribution is -2.39. The number of aryl methyl sites for hydroxylation is 2. The molecule has 0 bridgehead atoms. The number of pyridine rings is 2. The minimum Gasteiger partial charge on any atom is -0.349 e. The van der Waals surface area contributed by atoms with Gasteiger partial charge in [0.05, 0.1) is 22.8 Å². The maximum atomic E-state index is 13.4. The van der Waals surface area contributed by atoms with E-state index in [1.165, 1.54) is 6.07 Å². The van der Waals surface area contributed by atoms with Crippen molar-refractivity contribution in [3.05, 3.63) is 58.0 Å². The first kappa shape index (κ1) is 29.1. The van der Waals surface area contributed by atoms with Crippen molar-refractivity contribution in [3.8, 4) is 0 Å². The maximum Gasteiger partial charge on any atom is 0.434 e. The first-order valence-corrected chi connectivity index (χ1v) is 14.0. The maximum absolute atomic E-state index is 13.4. The Balaban J connectivity index is 1.38. The summed E-state index contributed by atoms with van der Waals surface area (Å²) < 4.78 is 43.7. The van der Waals surface area contributed by atoms with E-state index in [2.05, 4.69) is 15.3 Å². The molecule has 0 aliphatic heterocycles. The third-order valence-corrected chi connectivity index (χ3v) is 7.68. The minimum atomic E-state index is -4.71. The standard InChI is InChI=1S/C28H35ClF3N5O2/c1-18-14-22(25(34-15-18)28(30,31)32)26(38)35-21-9-7-20(8-10-21)17-37-24-16-33-12-11-23(24)36(27(37)39)13-5-3-4-6-19(2)29/h11-12,14-16,19-21H,3-10,13,17H2,1-2H3,(H,35,38)/t19?,20-,21-. The van der Waals surface area contributed by atoms with Gasteiger partial charge in [-0.1, -0.05) is 12.8 Å². The number of rotatable bonds is 10. The number of carbonyl (C=O) groups is 1. The summed E-state index contributed by atoms with van der Waals surface area (Å²) in [5.74, 6) is -0.542. The van der Waals surface area contributed by atoms with Crippen LogP contribution in [0.1, 0.15) is 79.9 Å². The number of imidazole rings is 1. The number of carbonyl (C=O) groups excluding carboxylic acids is 1. The van der Waals surface area contributed by atoms with Gasteiger partial charge in [-0.25, -0.2) is 4.79 Å². The van der Waals surface area contributed by atoms with Crippen LogP contribution in [-0.2, 0) is 19.3 Å². The quantitative estimate of drug-likeness (QED) is 0.238. The Morgan fingerprint density at radius 2 is 1.87 bits per heavy atom. The number of hydrogen-bond donors (Lipinski definition) is 1. The normalized spacial score (nSPS) is 18.8. The minimum absolute atomic E-state index is 0.0502. The molecule has 1 atom stereocenters. The van der Waals surface area contributed by atoms with Crippen LogP contribution >= 0.6 is 11.6 Å². The lowest BCUT2D eigenvalue weighted by molar-refractivity contribution is -0.141. The molecule has 7 nitrogen and oxygen atoms in total. The average molecular weight is 566 g/mol. The van der Waals surface area contributed by atoms with Gasteiger partial charge in [-0.05, 0) is 76.0 Å². The lowest BCUT2D eigenvalue weighted by Gasteiger charge is -2.29. The molecule has 212 valence electrons. The SMILES string of the molecule is Cc1cnc(C(F)(F)F)c(C(=O)N[C@H]2CC[C@H](Cn3c(=O)n(CCCCCC(C)Cl)c4ccncc43)CC2)c1. The van der Waals surface area contributed by atoms with E-state index < -0.39 is 23.3 Å². The van der Waals surface area contributed by atoms with E-state index in [4.69, 9.17) is 11.6 Å². The Morgan fingerprint density at radius 1 is 1.13 bits per heavy atom. The predicted molar refractivity (Wildman–Crippen MR) is 145 cm³/mol. The smallest absolute Gasteiger partial charge is 0.349 e. The van der Waals surface area contributed by atoms with Crippen molar-refractivity contribution in [2.24, 2.45) is 5.92 Å². The molecular weight excluding hydrogens is 531 g/mol. The number of amides is 1. The van der Waals surface area contributed by atoms with E-state index in [9.17, 15) is 22.8 Å². The van der Waals surface area contributed by atoms with Crippen molar-refractivity contribution in [1.29, 1.82) is 0 Å². The first-order chi connectivity index (χ1) is 18.5. The highest BCUT2D eigenvalue weighted by Gasteiger charge is 2.37. The van der Waals surface area contributed by atoms with Crippen molar-refractivity contribution < 1.29 is 18.0 Å². The van der Waals surface area contributed by atoms with Crippen molar-refractivity contribution in [3.63, 3.8) is 0 Å². The zero-order valence-electron chi connectivity index (χ0n) is 22.3. The molecule has 3 heterocycles. The van der Waals surface area contributed by atoms with Gasteiger partial charge in [0.1, 0.15) is 0 Å². The Kier molecular flexibility index (Phi) is 9.35. The Bertz CT molecular complexity index is 1340. The number of nitrogens with zero attached hydrogens (tertiary/aromatic N) is 4. The van der Waals surface area contributed by atoms with Crippen LogP contribution in [0.5, 0.6) is 0 Å². The molecule has 0 aromatic carbocycles. The van der Waals surface area contributed by atoms with E-state index in [1.54, 1.807) is 23.9 Å². The molecule has 1 saturated carbocycles. The molecule has 1 unspecified atom stereocenters. The predicted octanol–water partition coefficient (Wildman–Crippen LogP) is 6.10. The highest BCUT2D eigenvalue weighted by atomic mass is 35.5. The number of alkyl halides is 4. The van der Waals surface area contributed by atoms with Gasteiger partial charge < -0.3 is 5.32 Å². The summed E-state index contributed by atoms with van der Waals surface area (Å²) in [6, 6.07) is 2.87. The monoisotopic (exact) mass is 565 g/mol. The average Bonchev–Trinajstić information content (AvgIpc) is 3.14. The Hall–Kier alpha value is -2.88. The van der Waals surface area contributed by atoms with Gasteiger partial charge in [-0.15, -0.1) is 11.6 Å². The van der Waals surface area contributed by atoms with E-state index in [0.29, 0.717) is 31.5 Å². The molecule has 1 aliphatic carbocycles. The fourth-order valence-electron chi connectivity index (χ4n) is 5.41. The van der Waals surface area contributed by atoms with Crippen molar-refractivity contribution in [2.75, 3.05) is 0 Å². The third kappa shape index (κ3) is 7.21. The molecule has 0 radical (unpaired) electrons. The van der Waals surface area contributed by atoms with Crippen LogP contribution in [0.2, 0.25) is 0 Å². The second-order valence-corrected chi connectivity index (χ2v) is 11.4. The van der Waals surface area contributed by atoms with Crippen molar-refractivity contribution >= 4 is 28.5 Å². The molecule has 1 N–H and O–H groups in total. The number of aromatic nitrogens is 4. The molecule has 4 rings (SSSR count). The fourth-order valence-corrected chi connectivity index (χ4v) is 5.56. The molecule has 1 amide bonds. The molecule has 1 fully saturated rings. The van der Waals surface area contributed by atoms with E-state index in [-0.39, 0.29) is 23.0 Å². The van der Waals surface area contributed by atoms with Crippen LogP contribution in [0.3, 0.4) is 0 Å². The van der Waals surface area contributed by atoms with Crippen LogP contribution in [0.4, 0.5) is 13.2 Å². The van der Waals surface area contributed by atoms with Gasteiger partial charge >= 0.3 is 11.9 Å². The summed E-state index contributed by atoms with van der Waals surface area (Å²) >= 11 is 6.03. The topological polar surface area (TPSA) is 81.8 Å². The van der Waals surface area contributed by atoms with Gasteiger partial charge in [-0.2, -0.15) is 13.2 Å². The summed E-state index contributed by atoms with van der Waals surface area (Å²) in [5, 5.41) is 2.93. The van der Waals surface area contributed by atoms with Gasteiger partial charge in [0, 0.05) is 36.9 Å². The van der Waals surface area contributed by atoms with Gasteiger partial charge in [0.25, 0.3) is 5.91 Å². The van der Waals surface area contributed by atoms with Crippen LogP contribution in [-0.4, -0.2) is 36.4 Å². The second kappa shape index (κ2) is 12.5. The number of fused-ring (bicyclic) bond motifs is 1. The summed E-state index contributed by atoms with van der Waals surface area (Å²) in [5.41, 5.74) is 0.491. The highest BCUT2D eigenvalue weighted by molar-refractivity contribution is 6.20. The zero-order chi connectivity index (χ0) is 28.2. The van der Waals surface area contributed by atoms with Crippen LogP contribution < -0.4 is 11.0 Å². The van der Waals surface area contributed by atoms with Crippen LogP contribution in [0.15, 0.2) is 35.5 Å². The van der Waals surface area contributed by atoms with Gasteiger partial charge in [0.15, 0.2) is 5.69 Å². The van der Waals surface area contributed by atoms with Gasteiger partial charge in [0.2, 0.25) is 0 Å². The molecular formula is C28H35ClF3N5O2. The van der Waals surface area contributed by atoms with E-state index >= 15 is 0 Å². The van der Waals surface area contributed by atoms with Crippen molar-refractivity contribution in [2.45, 2.75) is 95.9 Å². The van der Waals surface area contributed by atoms with E-state index in [1.807, 2.05) is 17.6 Å². The third-order valence-electron chi connectivity index (χ3n) is 7.47. The summed E-state index contributed by atoms with van der Waals surface area (Å²) in [6.45, 7) is 4.76.